The number of fused-ring (bicyclic) bond motifs is 3. The van der Waals surface area contributed by atoms with Gasteiger partial charge in [0, 0.05) is 5.69 Å². The molecule has 0 bridgehead atoms. The van der Waals surface area contributed by atoms with Gasteiger partial charge in [-0.25, -0.2) is 0 Å². The molecule has 0 atom stereocenters. The van der Waals surface area contributed by atoms with Crippen LogP contribution >= 0.6 is 0 Å². The highest BCUT2D eigenvalue weighted by atomic mass is 28.3. The van der Waals surface area contributed by atoms with Crippen LogP contribution in [0.4, 0.5) is 5.69 Å². The Morgan fingerprint density at radius 1 is 0.610 bits per heavy atom. The number of hydrogen-bond donors (Lipinski definition) is 0. The molecule has 0 aliphatic carbocycles. The second-order valence-electron chi connectivity index (χ2n) is 14.7. The van der Waals surface area contributed by atoms with E-state index in [2.05, 4.69) is 109 Å². The SMILES string of the molecule is Cc1cc(N2Cc3c(c4cc([Si](C)(C)C)c5ccc6ccc7c([Si](C)(C)C)cc3c3c7c6c5c43)C2=O)cc(C)c1C. The molecule has 0 saturated carbocycles. The fourth-order valence-corrected chi connectivity index (χ4v) is 11.1. The minimum Gasteiger partial charge on any atom is -0.304 e. The Kier molecular flexibility index (Phi) is 4.72. The van der Waals surface area contributed by atoms with Crippen molar-refractivity contribution >= 4 is 92.0 Å². The lowest BCUT2D eigenvalue weighted by Crippen LogP contribution is -2.38. The van der Waals surface area contributed by atoms with Crippen LogP contribution in [0.25, 0.3) is 53.9 Å². The molecule has 0 saturated heterocycles. The molecule has 1 amide bonds. The predicted molar refractivity (Wildman–Crippen MR) is 185 cm³/mol. The van der Waals surface area contributed by atoms with Crippen molar-refractivity contribution in [2.24, 2.45) is 0 Å². The van der Waals surface area contributed by atoms with Crippen molar-refractivity contribution in [3.05, 3.63) is 76.3 Å². The van der Waals surface area contributed by atoms with Crippen LogP contribution in [0, 0.1) is 20.8 Å². The molecular weight excluding hydrogens is 531 g/mol. The van der Waals surface area contributed by atoms with Crippen molar-refractivity contribution in [1.29, 1.82) is 0 Å². The molecule has 0 fully saturated rings. The lowest BCUT2D eigenvalue weighted by Gasteiger charge is -2.22. The van der Waals surface area contributed by atoms with Gasteiger partial charge in [0.2, 0.25) is 0 Å². The molecule has 7 aromatic rings. The predicted octanol–water partition coefficient (Wildman–Crippen LogP) is 8.94. The molecule has 7 aromatic carbocycles. The van der Waals surface area contributed by atoms with Crippen LogP contribution < -0.4 is 15.3 Å². The van der Waals surface area contributed by atoms with Crippen LogP contribution in [0.2, 0.25) is 39.3 Å². The van der Waals surface area contributed by atoms with Crippen molar-refractivity contribution in [3.8, 4) is 0 Å². The first kappa shape index (κ1) is 25.3. The van der Waals surface area contributed by atoms with Crippen LogP contribution in [0.15, 0.2) is 48.5 Å². The first-order chi connectivity index (χ1) is 19.3. The van der Waals surface area contributed by atoms with E-state index in [1.807, 2.05) is 4.90 Å². The summed E-state index contributed by atoms with van der Waals surface area (Å²) in [6.45, 7) is 21.8. The van der Waals surface area contributed by atoms with E-state index in [-0.39, 0.29) is 5.91 Å². The van der Waals surface area contributed by atoms with Crippen LogP contribution in [-0.4, -0.2) is 22.1 Å². The number of amides is 1. The molecule has 0 aromatic heterocycles. The summed E-state index contributed by atoms with van der Waals surface area (Å²) in [5.74, 6) is 0.156. The quantitative estimate of drug-likeness (QED) is 0.154. The van der Waals surface area contributed by atoms with Gasteiger partial charge in [0.15, 0.2) is 0 Å². The zero-order chi connectivity index (χ0) is 28.9. The Labute approximate surface area is 244 Å². The Bertz CT molecular complexity index is 2220. The summed E-state index contributed by atoms with van der Waals surface area (Å²) in [4.78, 5) is 16.7. The molecule has 4 heteroatoms. The fourth-order valence-electron chi connectivity index (χ4n) is 7.89. The van der Waals surface area contributed by atoms with E-state index in [9.17, 15) is 4.79 Å². The zero-order valence-electron chi connectivity index (χ0n) is 25.7. The first-order valence-corrected chi connectivity index (χ1v) is 22.0. The Hall–Kier alpha value is -3.48. The summed E-state index contributed by atoms with van der Waals surface area (Å²) in [6.07, 6.45) is 0. The summed E-state index contributed by atoms with van der Waals surface area (Å²) in [7, 11) is -3.42. The Morgan fingerprint density at radius 2 is 1.10 bits per heavy atom. The van der Waals surface area contributed by atoms with Gasteiger partial charge in [-0.1, -0.05) is 86.1 Å². The van der Waals surface area contributed by atoms with Gasteiger partial charge in [0.25, 0.3) is 5.91 Å². The Balaban J connectivity index is 1.59. The number of hydrogen-bond acceptors (Lipinski definition) is 1. The molecule has 0 radical (unpaired) electrons. The highest BCUT2D eigenvalue weighted by Crippen LogP contribution is 2.51. The lowest BCUT2D eigenvalue weighted by atomic mass is 9.91. The summed E-state index contributed by atoms with van der Waals surface area (Å²) in [5.41, 5.74) is 6.97. The maximum Gasteiger partial charge on any atom is 0.259 e. The zero-order valence-corrected chi connectivity index (χ0v) is 27.7. The molecule has 41 heavy (non-hydrogen) atoms. The number of carbonyl (C=O) groups excluding carboxylic acids is 1. The van der Waals surface area contributed by atoms with Crippen LogP contribution in [0.5, 0.6) is 0 Å². The molecule has 1 aliphatic rings. The number of benzene rings is 6. The maximum atomic E-state index is 14.6. The van der Waals surface area contributed by atoms with Crippen LogP contribution in [-0.2, 0) is 6.54 Å². The standard InChI is InChI=1S/C37H37NOSi2/c1-19-14-23(15-20(2)21(19)3)38-18-28-26-16-29(40(4,5)6)24-12-10-22-11-13-25-30(41(7,8)9)17-27(32(28)37(38)39)36-34(25)31(22)33(24)35(26)36/h10-17H,18H2,1-9H3. The van der Waals surface area contributed by atoms with E-state index in [1.54, 1.807) is 0 Å². The number of rotatable bonds is 3. The minimum atomic E-state index is -1.73. The number of nitrogens with zero attached hydrogens (tertiary/aromatic N) is 1. The van der Waals surface area contributed by atoms with Gasteiger partial charge >= 0.3 is 0 Å². The topological polar surface area (TPSA) is 20.3 Å². The molecule has 2 nitrogen and oxygen atoms in total. The van der Waals surface area contributed by atoms with Crippen molar-refractivity contribution in [2.75, 3.05) is 4.90 Å². The van der Waals surface area contributed by atoms with Gasteiger partial charge in [0.1, 0.15) is 0 Å². The largest absolute Gasteiger partial charge is 0.304 e. The maximum absolute atomic E-state index is 14.6. The van der Waals surface area contributed by atoms with Gasteiger partial charge < -0.3 is 4.90 Å². The van der Waals surface area contributed by atoms with Gasteiger partial charge in [-0.05, 0) is 109 Å². The molecule has 0 N–H and O–H groups in total. The summed E-state index contributed by atoms with van der Waals surface area (Å²) < 4.78 is 0. The fraction of sp³-hybridized carbons (Fsp3) is 0.270. The monoisotopic (exact) mass is 567 g/mol. The Morgan fingerprint density at radius 3 is 1.63 bits per heavy atom. The van der Waals surface area contributed by atoms with Crippen molar-refractivity contribution in [2.45, 2.75) is 66.6 Å². The van der Waals surface area contributed by atoms with E-state index >= 15 is 0 Å². The summed E-state index contributed by atoms with van der Waals surface area (Å²) in [6, 6.07) is 18.8. The lowest BCUT2D eigenvalue weighted by molar-refractivity contribution is 0.0998. The first-order valence-electron chi connectivity index (χ1n) is 15.0. The van der Waals surface area contributed by atoms with Crippen molar-refractivity contribution in [1.82, 2.24) is 0 Å². The molecule has 0 unspecified atom stereocenters. The van der Waals surface area contributed by atoms with E-state index < -0.39 is 16.1 Å². The van der Waals surface area contributed by atoms with Gasteiger partial charge in [0.05, 0.1) is 28.3 Å². The number of carbonyl (C=O) groups is 1. The molecule has 1 aliphatic heterocycles. The smallest absolute Gasteiger partial charge is 0.259 e. The van der Waals surface area contributed by atoms with Gasteiger partial charge in [-0.3, -0.25) is 4.79 Å². The third-order valence-corrected chi connectivity index (χ3v) is 14.2. The van der Waals surface area contributed by atoms with Crippen LogP contribution in [0.1, 0.15) is 32.6 Å². The van der Waals surface area contributed by atoms with E-state index in [4.69, 9.17) is 0 Å². The minimum absolute atomic E-state index is 0.156. The van der Waals surface area contributed by atoms with E-state index in [0.29, 0.717) is 6.54 Å². The van der Waals surface area contributed by atoms with Crippen LogP contribution in [0.3, 0.4) is 0 Å². The van der Waals surface area contributed by atoms with E-state index in [0.717, 1.165) is 11.3 Å². The second kappa shape index (κ2) is 7.67. The highest BCUT2D eigenvalue weighted by Gasteiger charge is 2.37. The molecule has 1 heterocycles. The third kappa shape index (κ3) is 3.10. The molecule has 0 spiro atoms. The summed E-state index contributed by atoms with van der Waals surface area (Å²) in [5, 5.41) is 16.6. The second-order valence-corrected chi connectivity index (χ2v) is 24.8. The summed E-state index contributed by atoms with van der Waals surface area (Å²) >= 11 is 0. The average Bonchev–Trinajstić information content (AvgIpc) is 3.44. The highest BCUT2D eigenvalue weighted by molar-refractivity contribution is 6.91. The van der Waals surface area contributed by atoms with Gasteiger partial charge in [-0.2, -0.15) is 0 Å². The molecule has 8 rings (SSSR count). The number of anilines is 1. The van der Waals surface area contributed by atoms with Crippen molar-refractivity contribution < 1.29 is 4.79 Å². The average molecular weight is 568 g/mol. The van der Waals surface area contributed by atoms with Crippen molar-refractivity contribution in [3.63, 3.8) is 0 Å². The van der Waals surface area contributed by atoms with Gasteiger partial charge in [-0.15, -0.1) is 0 Å². The number of aryl methyl sites for hydroxylation is 2. The molecular formula is C37H37NOSi2. The normalized spacial score (nSPS) is 14.9. The third-order valence-electron chi connectivity index (χ3n) is 10.1. The molecule has 204 valence electrons. The van der Waals surface area contributed by atoms with E-state index in [1.165, 1.54) is 86.5 Å².